The van der Waals surface area contributed by atoms with Crippen LogP contribution in [0.25, 0.3) is 0 Å². The second-order valence-electron chi connectivity index (χ2n) is 4.35. The zero-order valence-electron chi connectivity index (χ0n) is 9.61. The Hall–Kier alpha value is -1.69. The van der Waals surface area contributed by atoms with Crippen LogP contribution in [0.3, 0.4) is 0 Å². The first-order chi connectivity index (χ1) is 8.08. The minimum Gasteiger partial charge on any atom is -0.393 e. The van der Waals surface area contributed by atoms with Crippen LogP contribution in [-0.2, 0) is 0 Å². The molecule has 6 heteroatoms. The van der Waals surface area contributed by atoms with Gasteiger partial charge in [-0.25, -0.2) is 4.98 Å². The fourth-order valence-corrected chi connectivity index (χ4v) is 2.17. The fourth-order valence-electron chi connectivity index (χ4n) is 2.17. The van der Waals surface area contributed by atoms with Gasteiger partial charge in [0.2, 0.25) is 0 Å². The van der Waals surface area contributed by atoms with E-state index in [0.29, 0.717) is 25.2 Å². The van der Waals surface area contributed by atoms with Crippen molar-refractivity contribution in [1.82, 2.24) is 4.98 Å². The molecule has 0 bridgehead atoms. The number of hydrogen-bond acceptors (Lipinski definition) is 5. The molecule has 2 unspecified atom stereocenters. The number of rotatable bonds is 2. The zero-order chi connectivity index (χ0) is 12.4. The SMILES string of the molecule is CC1CC(O)CCN1c1cc([N+](=O)[O-])ccn1. The van der Waals surface area contributed by atoms with Crippen LogP contribution in [0.4, 0.5) is 11.5 Å². The molecule has 1 aromatic rings. The third kappa shape index (κ3) is 2.52. The number of piperidine rings is 1. The number of nitro groups is 1. The summed E-state index contributed by atoms with van der Waals surface area (Å²) in [5.41, 5.74) is 0.0494. The van der Waals surface area contributed by atoms with E-state index in [1.807, 2.05) is 11.8 Å². The third-order valence-corrected chi connectivity index (χ3v) is 3.08. The fraction of sp³-hybridized carbons (Fsp3) is 0.545. The van der Waals surface area contributed by atoms with Crippen molar-refractivity contribution in [3.8, 4) is 0 Å². The van der Waals surface area contributed by atoms with Gasteiger partial charge in [0.25, 0.3) is 5.69 Å². The number of aliphatic hydroxyl groups excluding tert-OH is 1. The Kier molecular flexibility index (Phi) is 3.23. The summed E-state index contributed by atoms with van der Waals surface area (Å²) in [5, 5.41) is 20.2. The lowest BCUT2D eigenvalue weighted by atomic mass is 10.0. The maximum Gasteiger partial charge on any atom is 0.274 e. The van der Waals surface area contributed by atoms with Crippen molar-refractivity contribution in [1.29, 1.82) is 0 Å². The Bertz CT molecular complexity index is 424. The summed E-state index contributed by atoms with van der Waals surface area (Å²) in [6.45, 7) is 2.67. The molecule has 2 rings (SSSR count). The molecule has 2 heterocycles. The third-order valence-electron chi connectivity index (χ3n) is 3.08. The molecule has 0 aromatic carbocycles. The quantitative estimate of drug-likeness (QED) is 0.620. The topological polar surface area (TPSA) is 79.5 Å². The van der Waals surface area contributed by atoms with E-state index in [1.165, 1.54) is 18.3 Å². The molecule has 1 fully saturated rings. The molecular weight excluding hydrogens is 222 g/mol. The smallest absolute Gasteiger partial charge is 0.274 e. The minimum atomic E-state index is -0.422. The van der Waals surface area contributed by atoms with Gasteiger partial charge in [0.1, 0.15) is 5.82 Å². The van der Waals surface area contributed by atoms with E-state index in [0.717, 1.165) is 0 Å². The van der Waals surface area contributed by atoms with Crippen LogP contribution in [0.2, 0.25) is 0 Å². The van der Waals surface area contributed by atoms with Crippen molar-refractivity contribution in [2.45, 2.75) is 31.9 Å². The average molecular weight is 237 g/mol. The van der Waals surface area contributed by atoms with Crippen molar-refractivity contribution in [2.24, 2.45) is 0 Å². The second kappa shape index (κ2) is 4.67. The average Bonchev–Trinajstić information content (AvgIpc) is 2.29. The number of aliphatic hydroxyl groups is 1. The highest BCUT2D eigenvalue weighted by Crippen LogP contribution is 2.25. The van der Waals surface area contributed by atoms with E-state index >= 15 is 0 Å². The van der Waals surface area contributed by atoms with Crippen molar-refractivity contribution < 1.29 is 10.0 Å². The molecule has 17 heavy (non-hydrogen) atoms. The van der Waals surface area contributed by atoms with Crippen LogP contribution in [0.5, 0.6) is 0 Å². The summed E-state index contributed by atoms with van der Waals surface area (Å²) in [7, 11) is 0. The van der Waals surface area contributed by atoms with Crippen molar-refractivity contribution in [2.75, 3.05) is 11.4 Å². The highest BCUT2D eigenvalue weighted by molar-refractivity contribution is 5.47. The van der Waals surface area contributed by atoms with Crippen LogP contribution in [0, 0.1) is 10.1 Å². The Morgan fingerprint density at radius 1 is 1.65 bits per heavy atom. The van der Waals surface area contributed by atoms with Crippen molar-refractivity contribution >= 4 is 11.5 Å². The Labute approximate surface area is 99.0 Å². The van der Waals surface area contributed by atoms with Gasteiger partial charge in [-0.15, -0.1) is 0 Å². The largest absolute Gasteiger partial charge is 0.393 e. The lowest BCUT2D eigenvalue weighted by molar-refractivity contribution is -0.384. The monoisotopic (exact) mass is 237 g/mol. The Balaban J connectivity index is 2.22. The molecule has 1 aromatic heterocycles. The van der Waals surface area contributed by atoms with Gasteiger partial charge in [0.05, 0.1) is 17.1 Å². The van der Waals surface area contributed by atoms with Crippen molar-refractivity contribution in [3.05, 3.63) is 28.4 Å². The molecule has 0 amide bonds. The van der Waals surface area contributed by atoms with Gasteiger partial charge in [-0.05, 0) is 19.8 Å². The summed E-state index contributed by atoms with van der Waals surface area (Å²) in [6.07, 6.45) is 2.52. The minimum absolute atomic E-state index is 0.0494. The molecule has 0 radical (unpaired) electrons. The highest BCUT2D eigenvalue weighted by Gasteiger charge is 2.25. The van der Waals surface area contributed by atoms with E-state index < -0.39 is 4.92 Å². The first-order valence-corrected chi connectivity index (χ1v) is 5.63. The van der Waals surface area contributed by atoms with E-state index in [9.17, 15) is 15.2 Å². The van der Waals surface area contributed by atoms with Gasteiger partial charge < -0.3 is 10.0 Å². The Morgan fingerprint density at radius 3 is 3.06 bits per heavy atom. The second-order valence-corrected chi connectivity index (χ2v) is 4.35. The predicted molar refractivity (Wildman–Crippen MR) is 62.9 cm³/mol. The van der Waals surface area contributed by atoms with E-state index in [-0.39, 0.29) is 17.8 Å². The van der Waals surface area contributed by atoms with Gasteiger partial charge >= 0.3 is 0 Å². The van der Waals surface area contributed by atoms with Crippen LogP contribution in [0.1, 0.15) is 19.8 Å². The molecule has 6 nitrogen and oxygen atoms in total. The summed E-state index contributed by atoms with van der Waals surface area (Å²) < 4.78 is 0. The number of hydrogen-bond donors (Lipinski definition) is 1. The van der Waals surface area contributed by atoms with Crippen LogP contribution >= 0.6 is 0 Å². The molecule has 2 atom stereocenters. The molecule has 1 aliphatic heterocycles. The lowest BCUT2D eigenvalue weighted by Crippen LogP contribution is -2.43. The highest BCUT2D eigenvalue weighted by atomic mass is 16.6. The lowest BCUT2D eigenvalue weighted by Gasteiger charge is -2.36. The zero-order valence-corrected chi connectivity index (χ0v) is 9.61. The number of nitrogens with zero attached hydrogens (tertiary/aromatic N) is 3. The van der Waals surface area contributed by atoms with Gasteiger partial charge in [0, 0.05) is 24.8 Å². The number of pyridine rings is 1. The number of aromatic nitrogens is 1. The first-order valence-electron chi connectivity index (χ1n) is 5.63. The summed E-state index contributed by atoms with van der Waals surface area (Å²) >= 11 is 0. The molecule has 1 aliphatic rings. The predicted octanol–water partition coefficient (Wildman–Crippen LogP) is 1.34. The summed E-state index contributed by atoms with van der Waals surface area (Å²) in [5.74, 6) is 0.610. The maximum atomic E-state index is 10.7. The van der Waals surface area contributed by atoms with Gasteiger partial charge in [-0.3, -0.25) is 10.1 Å². The summed E-state index contributed by atoms with van der Waals surface area (Å²) in [6, 6.07) is 3.01. The Morgan fingerprint density at radius 2 is 2.41 bits per heavy atom. The van der Waals surface area contributed by atoms with Crippen LogP contribution in [-0.4, -0.2) is 33.7 Å². The molecular formula is C11H15N3O3. The van der Waals surface area contributed by atoms with E-state index in [4.69, 9.17) is 0 Å². The number of anilines is 1. The normalized spacial score (nSPS) is 24.7. The van der Waals surface area contributed by atoms with Crippen LogP contribution in [0.15, 0.2) is 18.3 Å². The van der Waals surface area contributed by atoms with Crippen molar-refractivity contribution in [3.63, 3.8) is 0 Å². The molecule has 0 spiro atoms. The molecule has 92 valence electrons. The standard InChI is InChI=1S/C11H15N3O3/c1-8-6-10(15)3-5-13(8)11-7-9(14(16)17)2-4-12-11/h2,4,7-8,10,15H,3,5-6H2,1H3. The summed E-state index contributed by atoms with van der Waals surface area (Å²) in [4.78, 5) is 16.4. The van der Waals surface area contributed by atoms with Gasteiger partial charge in [0.15, 0.2) is 0 Å². The molecule has 0 saturated carbocycles. The van der Waals surface area contributed by atoms with E-state index in [1.54, 1.807) is 0 Å². The van der Waals surface area contributed by atoms with Crippen LogP contribution < -0.4 is 4.90 Å². The van der Waals surface area contributed by atoms with Gasteiger partial charge in [-0.1, -0.05) is 0 Å². The maximum absolute atomic E-state index is 10.7. The molecule has 1 N–H and O–H groups in total. The molecule has 1 saturated heterocycles. The van der Waals surface area contributed by atoms with E-state index in [2.05, 4.69) is 4.98 Å². The molecule has 0 aliphatic carbocycles. The first kappa shape index (κ1) is 11.8. The van der Waals surface area contributed by atoms with Gasteiger partial charge in [-0.2, -0.15) is 0 Å².